The lowest BCUT2D eigenvalue weighted by Gasteiger charge is -2.16. The second kappa shape index (κ2) is 7.38. The number of pyridine rings is 1. The molecule has 1 aromatic carbocycles. The maximum Gasteiger partial charge on any atom is 0.269 e. The average molecular weight is 451 g/mol. The summed E-state index contributed by atoms with van der Waals surface area (Å²) in [6.07, 6.45) is 2.06. The number of anilines is 1. The Bertz CT molecular complexity index is 1300. The number of benzene rings is 1. The maximum absolute atomic E-state index is 14.7. The van der Waals surface area contributed by atoms with Crippen molar-refractivity contribution in [1.29, 1.82) is 0 Å². The fourth-order valence-corrected chi connectivity index (χ4v) is 4.20. The second-order valence-corrected chi connectivity index (χ2v) is 8.61. The average Bonchev–Trinajstić information content (AvgIpc) is 3.45. The van der Waals surface area contributed by atoms with Crippen molar-refractivity contribution in [1.82, 2.24) is 15.0 Å². The fourth-order valence-electron chi connectivity index (χ4n) is 4.20. The Balaban J connectivity index is 1.56. The number of hydrogen-bond donors (Lipinski definition) is 3. The molecule has 10 heteroatoms. The fraction of sp³-hybridized carbons (Fsp3) is 0.304. The van der Waals surface area contributed by atoms with Crippen LogP contribution in [0.25, 0.3) is 22.5 Å². The molecule has 9 nitrogen and oxygen atoms in total. The van der Waals surface area contributed by atoms with Crippen LogP contribution in [0.1, 0.15) is 47.0 Å². The third-order valence-electron chi connectivity index (χ3n) is 6.31. The zero-order chi connectivity index (χ0) is 23.5. The van der Waals surface area contributed by atoms with E-state index in [1.807, 2.05) is 0 Å². The van der Waals surface area contributed by atoms with Crippen molar-refractivity contribution >= 4 is 17.5 Å². The summed E-state index contributed by atoms with van der Waals surface area (Å²) in [6, 6.07) is 7.45. The molecule has 5 rings (SSSR count). The predicted octanol–water partition coefficient (Wildman–Crippen LogP) is 2.15. The van der Waals surface area contributed by atoms with E-state index in [0.717, 1.165) is 18.4 Å². The summed E-state index contributed by atoms with van der Waals surface area (Å²) in [5, 5.41) is 14.7. The number of nitrogens with zero attached hydrogens (tertiary/aromatic N) is 3. The van der Waals surface area contributed by atoms with E-state index < -0.39 is 23.2 Å². The van der Waals surface area contributed by atoms with Gasteiger partial charge in [-0.15, -0.1) is 0 Å². The van der Waals surface area contributed by atoms with Gasteiger partial charge in [0.2, 0.25) is 5.60 Å². The summed E-state index contributed by atoms with van der Waals surface area (Å²) in [5.41, 5.74) is 12.0. The Morgan fingerprint density at radius 2 is 2.03 bits per heavy atom. The smallest absolute Gasteiger partial charge is 0.269 e. The molecule has 3 heterocycles. The van der Waals surface area contributed by atoms with E-state index in [1.54, 1.807) is 13.1 Å². The molecule has 3 aromatic rings. The summed E-state index contributed by atoms with van der Waals surface area (Å²) in [6.45, 7) is 0.365. The number of rotatable bonds is 5. The lowest BCUT2D eigenvalue weighted by Crippen LogP contribution is -2.35. The van der Waals surface area contributed by atoms with Gasteiger partial charge in [-0.3, -0.25) is 9.59 Å². The van der Waals surface area contributed by atoms with Gasteiger partial charge in [-0.1, -0.05) is 5.16 Å². The van der Waals surface area contributed by atoms with Crippen LogP contribution in [0, 0.1) is 5.82 Å². The standard InChI is InChI=1S/C23H22FN5O4/c1-29-7-6-23(32,22(29)31)18-10-17(28-33-18)14-8-12(4-5-15(14)24)16-9-13(11-2-3-11)19(25)20(27-16)21(26)30/h4-5,8-11,32H,2-3,6-7,25H2,1H3,(H2,26,30). The molecule has 33 heavy (non-hydrogen) atoms. The van der Waals surface area contributed by atoms with Crippen molar-refractivity contribution in [2.45, 2.75) is 30.8 Å². The van der Waals surface area contributed by atoms with Crippen LogP contribution in [0.2, 0.25) is 0 Å². The largest absolute Gasteiger partial charge is 0.397 e. The van der Waals surface area contributed by atoms with Crippen molar-refractivity contribution < 1.29 is 23.6 Å². The minimum absolute atomic E-state index is 0.0184. The summed E-state index contributed by atoms with van der Waals surface area (Å²) in [7, 11) is 1.58. The molecule has 2 aliphatic rings. The first kappa shape index (κ1) is 21.1. The van der Waals surface area contributed by atoms with Gasteiger partial charge in [-0.2, -0.15) is 0 Å². The third kappa shape index (κ3) is 3.43. The van der Waals surface area contributed by atoms with Gasteiger partial charge in [0.25, 0.3) is 11.8 Å². The minimum atomic E-state index is -1.83. The van der Waals surface area contributed by atoms with Gasteiger partial charge in [-0.05, 0) is 48.6 Å². The number of aromatic nitrogens is 2. The molecule has 170 valence electrons. The van der Waals surface area contributed by atoms with Crippen molar-refractivity contribution in [3.8, 4) is 22.5 Å². The van der Waals surface area contributed by atoms with Gasteiger partial charge in [0, 0.05) is 37.2 Å². The molecule has 1 atom stereocenters. The van der Waals surface area contributed by atoms with Gasteiger partial charge in [0.15, 0.2) is 11.5 Å². The van der Waals surface area contributed by atoms with E-state index in [1.165, 1.54) is 29.2 Å². The molecule has 1 aliphatic carbocycles. The molecule has 1 saturated carbocycles. The molecule has 1 saturated heterocycles. The summed E-state index contributed by atoms with van der Waals surface area (Å²) < 4.78 is 20.0. The highest BCUT2D eigenvalue weighted by Crippen LogP contribution is 2.44. The number of nitrogens with two attached hydrogens (primary N) is 2. The van der Waals surface area contributed by atoms with Crippen LogP contribution in [-0.2, 0) is 10.4 Å². The number of hydrogen-bond acceptors (Lipinski definition) is 7. The summed E-state index contributed by atoms with van der Waals surface area (Å²) in [5.74, 6) is -1.62. The molecule has 2 fully saturated rings. The summed E-state index contributed by atoms with van der Waals surface area (Å²) >= 11 is 0. The Morgan fingerprint density at radius 1 is 1.27 bits per heavy atom. The van der Waals surface area contributed by atoms with E-state index in [0.29, 0.717) is 17.8 Å². The normalized spacial score (nSPS) is 20.5. The number of amides is 2. The second-order valence-electron chi connectivity index (χ2n) is 8.61. The first-order valence-corrected chi connectivity index (χ1v) is 10.5. The SMILES string of the molecule is CN1CCC(O)(c2cc(-c3cc(-c4cc(C5CC5)c(N)c(C(N)=O)n4)ccc3F)no2)C1=O. The number of carbonyl (C=O) groups excluding carboxylic acids is 2. The molecule has 0 spiro atoms. The van der Waals surface area contributed by atoms with Crippen LogP contribution in [-0.4, -0.2) is 45.6 Å². The minimum Gasteiger partial charge on any atom is -0.397 e. The monoisotopic (exact) mass is 451 g/mol. The number of primary amides is 1. The first-order valence-electron chi connectivity index (χ1n) is 10.5. The highest BCUT2D eigenvalue weighted by molar-refractivity contribution is 5.97. The molecule has 2 aromatic heterocycles. The lowest BCUT2D eigenvalue weighted by atomic mass is 9.97. The molecular weight excluding hydrogens is 429 g/mol. The molecule has 0 bridgehead atoms. The van der Waals surface area contributed by atoms with Gasteiger partial charge in [0.05, 0.1) is 11.4 Å². The van der Waals surface area contributed by atoms with E-state index in [2.05, 4.69) is 10.1 Å². The zero-order valence-electron chi connectivity index (χ0n) is 17.8. The number of aliphatic hydroxyl groups is 1. The van der Waals surface area contributed by atoms with Crippen LogP contribution >= 0.6 is 0 Å². The Labute approximate surface area is 188 Å². The zero-order valence-corrected chi connectivity index (χ0v) is 17.8. The van der Waals surface area contributed by atoms with Crippen LogP contribution in [0.3, 0.4) is 0 Å². The van der Waals surface area contributed by atoms with E-state index in [-0.39, 0.29) is 40.7 Å². The van der Waals surface area contributed by atoms with E-state index in [9.17, 15) is 19.1 Å². The maximum atomic E-state index is 14.7. The third-order valence-corrected chi connectivity index (χ3v) is 6.31. The number of carbonyl (C=O) groups is 2. The van der Waals surface area contributed by atoms with E-state index in [4.69, 9.17) is 16.0 Å². The van der Waals surface area contributed by atoms with Crippen molar-refractivity contribution in [3.05, 3.63) is 53.2 Å². The molecule has 1 aliphatic heterocycles. The molecule has 1 unspecified atom stereocenters. The number of likely N-dealkylation sites (N-methyl/N-ethyl adjacent to an activating group) is 1. The number of halogens is 1. The van der Waals surface area contributed by atoms with Crippen molar-refractivity contribution in [3.63, 3.8) is 0 Å². The van der Waals surface area contributed by atoms with Crippen LogP contribution in [0.4, 0.5) is 10.1 Å². The number of likely N-dealkylation sites (tertiary alicyclic amines) is 1. The molecule has 0 radical (unpaired) electrons. The van der Waals surface area contributed by atoms with Crippen LogP contribution < -0.4 is 11.5 Å². The van der Waals surface area contributed by atoms with Gasteiger partial charge >= 0.3 is 0 Å². The van der Waals surface area contributed by atoms with Crippen LogP contribution in [0.15, 0.2) is 34.9 Å². The van der Waals surface area contributed by atoms with Crippen LogP contribution in [0.5, 0.6) is 0 Å². The first-order chi connectivity index (χ1) is 15.7. The summed E-state index contributed by atoms with van der Waals surface area (Å²) in [4.78, 5) is 29.9. The molecule has 5 N–H and O–H groups in total. The Morgan fingerprint density at radius 3 is 2.67 bits per heavy atom. The quantitative estimate of drug-likeness (QED) is 0.538. The van der Waals surface area contributed by atoms with Crippen molar-refractivity contribution in [2.75, 3.05) is 19.3 Å². The highest BCUT2D eigenvalue weighted by Gasteiger charge is 2.48. The van der Waals surface area contributed by atoms with Gasteiger partial charge in [0.1, 0.15) is 11.5 Å². The number of nitrogen functional groups attached to an aromatic ring is 1. The lowest BCUT2D eigenvalue weighted by molar-refractivity contribution is -0.144. The van der Waals surface area contributed by atoms with Gasteiger partial charge < -0.3 is 26.0 Å². The molecular formula is C23H22FN5O4. The Hall–Kier alpha value is -3.79. The highest BCUT2D eigenvalue weighted by atomic mass is 19.1. The van der Waals surface area contributed by atoms with Gasteiger partial charge in [-0.25, -0.2) is 9.37 Å². The van der Waals surface area contributed by atoms with Crippen molar-refractivity contribution in [2.24, 2.45) is 5.73 Å². The van der Waals surface area contributed by atoms with E-state index >= 15 is 0 Å². The molecule has 2 amide bonds. The topological polar surface area (TPSA) is 149 Å². The Kier molecular flexibility index (Phi) is 4.71. The predicted molar refractivity (Wildman–Crippen MR) is 116 cm³/mol.